The number of esters is 1. The molecule has 7 heteroatoms. The summed E-state index contributed by atoms with van der Waals surface area (Å²) in [6.07, 6.45) is 2.49. The summed E-state index contributed by atoms with van der Waals surface area (Å²) in [5.41, 5.74) is 1.20. The Morgan fingerprint density at radius 2 is 2.03 bits per heavy atom. The number of rotatable bonds is 3. The predicted molar refractivity (Wildman–Crippen MR) is 110 cm³/mol. The van der Waals surface area contributed by atoms with Gasteiger partial charge in [-0.15, -0.1) is 0 Å². The van der Waals surface area contributed by atoms with Crippen molar-refractivity contribution in [2.75, 3.05) is 0 Å². The van der Waals surface area contributed by atoms with E-state index in [4.69, 9.17) is 15.7 Å². The summed E-state index contributed by atoms with van der Waals surface area (Å²) < 4.78 is 25.9. The van der Waals surface area contributed by atoms with Crippen LogP contribution in [0.2, 0.25) is 0 Å². The minimum Gasteiger partial charge on any atom is -0.461 e. The lowest BCUT2D eigenvalue weighted by atomic mass is 9.79. The van der Waals surface area contributed by atoms with Crippen molar-refractivity contribution in [3.05, 3.63) is 68.3 Å². The summed E-state index contributed by atoms with van der Waals surface area (Å²) in [7, 11) is 0. The number of benzene rings is 1. The summed E-state index contributed by atoms with van der Waals surface area (Å²) in [5, 5.41) is -0.189. The second-order valence-corrected chi connectivity index (χ2v) is 7.82. The second kappa shape index (κ2) is 7.52. The van der Waals surface area contributed by atoms with Crippen molar-refractivity contribution in [2.45, 2.75) is 58.1 Å². The van der Waals surface area contributed by atoms with Gasteiger partial charge in [0.1, 0.15) is 34.6 Å². The summed E-state index contributed by atoms with van der Waals surface area (Å²) in [5.74, 6) is -1.69. The maximum Gasteiger partial charge on any atom is 0.337 e. The number of ether oxygens (including phenoxy) is 1. The van der Waals surface area contributed by atoms with Gasteiger partial charge in [-0.25, -0.2) is 15.8 Å². The monoisotopic (exact) mass is 408 g/mol. The van der Waals surface area contributed by atoms with E-state index >= 15 is 0 Å². The van der Waals surface area contributed by atoms with Crippen LogP contribution in [0.3, 0.4) is 0 Å². The number of hydrogen-bond acceptors (Lipinski definition) is 5. The standard InChI is InChI=1S/C23H21FN2O4/c1-11-10-17(27)20-16(24)9-8-15(22(20)29-11)19-18(23(28)30-14-6-5-7-14)12(2)26-13(3)21(19)25-4/h8-10,14,19,21H,5-7H2,1-3H3. The van der Waals surface area contributed by atoms with Crippen LogP contribution in [0.15, 0.2) is 43.7 Å². The molecule has 2 heterocycles. The maximum absolute atomic E-state index is 14.5. The zero-order valence-electron chi connectivity index (χ0n) is 17.0. The van der Waals surface area contributed by atoms with Gasteiger partial charge >= 0.3 is 5.97 Å². The summed E-state index contributed by atoms with van der Waals surface area (Å²) in [4.78, 5) is 33.7. The van der Waals surface area contributed by atoms with E-state index in [-0.39, 0.29) is 22.6 Å². The number of hydrogen-bond donors (Lipinski definition) is 0. The van der Waals surface area contributed by atoms with E-state index in [0.717, 1.165) is 19.3 Å². The van der Waals surface area contributed by atoms with Crippen molar-refractivity contribution in [3.8, 4) is 0 Å². The zero-order chi connectivity index (χ0) is 21.6. The van der Waals surface area contributed by atoms with Gasteiger partial charge in [-0.2, -0.15) is 0 Å². The van der Waals surface area contributed by atoms with Crippen molar-refractivity contribution in [1.29, 1.82) is 0 Å². The van der Waals surface area contributed by atoms with Crippen LogP contribution in [0.1, 0.15) is 50.4 Å². The van der Waals surface area contributed by atoms with Gasteiger partial charge in [0.15, 0.2) is 5.43 Å². The quantitative estimate of drug-likeness (QED) is 0.555. The van der Waals surface area contributed by atoms with Crippen molar-refractivity contribution in [3.63, 3.8) is 0 Å². The number of fused-ring (bicyclic) bond motifs is 1. The smallest absolute Gasteiger partial charge is 0.337 e. The van der Waals surface area contributed by atoms with Crippen molar-refractivity contribution >= 4 is 22.7 Å². The zero-order valence-corrected chi connectivity index (χ0v) is 17.0. The number of aryl methyl sites for hydroxylation is 1. The van der Waals surface area contributed by atoms with E-state index in [0.29, 0.717) is 22.7 Å². The molecule has 0 radical (unpaired) electrons. The highest BCUT2D eigenvalue weighted by Gasteiger charge is 2.44. The van der Waals surface area contributed by atoms with Crippen LogP contribution in [-0.4, -0.2) is 23.8 Å². The van der Waals surface area contributed by atoms with Crippen LogP contribution in [0.4, 0.5) is 4.39 Å². The van der Waals surface area contributed by atoms with Crippen LogP contribution >= 0.6 is 0 Å². The Labute approximate surface area is 172 Å². The molecule has 0 N–H and O–H groups in total. The van der Waals surface area contributed by atoms with Gasteiger partial charge in [0, 0.05) is 17.3 Å². The van der Waals surface area contributed by atoms with E-state index in [9.17, 15) is 14.0 Å². The summed E-state index contributed by atoms with van der Waals surface area (Å²) in [6.45, 7) is 12.7. The molecule has 1 fully saturated rings. The van der Waals surface area contributed by atoms with Gasteiger partial charge in [-0.1, -0.05) is 6.07 Å². The average Bonchev–Trinajstić information content (AvgIpc) is 2.64. The van der Waals surface area contributed by atoms with Crippen LogP contribution in [0.5, 0.6) is 0 Å². The average molecular weight is 408 g/mol. The first-order valence-corrected chi connectivity index (χ1v) is 9.88. The number of allylic oxidation sites excluding steroid dienone is 1. The lowest BCUT2D eigenvalue weighted by Gasteiger charge is -2.30. The van der Waals surface area contributed by atoms with Gasteiger partial charge in [-0.3, -0.25) is 9.79 Å². The molecule has 0 amide bonds. The second-order valence-electron chi connectivity index (χ2n) is 7.82. The Balaban J connectivity index is 1.95. The molecule has 1 saturated carbocycles. The molecule has 1 aromatic carbocycles. The van der Waals surface area contributed by atoms with Crippen LogP contribution in [0.25, 0.3) is 15.8 Å². The Kier molecular flexibility index (Phi) is 5.02. The van der Waals surface area contributed by atoms with Crippen molar-refractivity contribution < 1.29 is 18.3 Å². The van der Waals surface area contributed by atoms with E-state index in [2.05, 4.69) is 9.84 Å². The Bertz CT molecular complexity index is 1210. The Morgan fingerprint density at radius 1 is 1.30 bits per heavy atom. The van der Waals surface area contributed by atoms with Gasteiger partial charge in [0.2, 0.25) is 0 Å². The lowest BCUT2D eigenvalue weighted by Crippen LogP contribution is -2.35. The van der Waals surface area contributed by atoms with Crippen LogP contribution < -0.4 is 5.43 Å². The third kappa shape index (κ3) is 3.22. The molecule has 2 aromatic rings. The van der Waals surface area contributed by atoms with Crippen LogP contribution in [-0.2, 0) is 9.53 Å². The summed E-state index contributed by atoms with van der Waals surface area (Å²) in [6, 6.07) is 3.08. The number of carbonyl (C=O) groups is 1. The molecular weight excluding hydrogens is 387 g/mol. The van der Waals surface area contributed by atoms with Gasteiger partial charge in [0.25, 0.3) is 6.04 Å². The fourth-order valence-electron chi connectivity index (χ4n) is 4.09. The molecular formula is C23H21FN2O4. The Morgan fingerprint density at radius 3 is 2.67 bits per heavy atom. The first-order chi connectivity index (χ1) is 14.3. The molecule has 30 heavy (non-hydrogen) atoms. The molecule has 0 saturated heterocycles. The lowest BCUT2D eigenvalue weighted by molar-refractivity contribution is -0.148. The Hall–Kier alpha value is -3.27. The van der Waals surface area contributed by atoms with Crippen LogP contribution in [0, 0.1) is 19.3 Å². The first-order valence-electron chi connectivity index (χ1n) is 9.88. The summed E-state index contributed by atoms with van der Waals surface area (Å²) >= 11 is 0. The van der Waals surface area contributed by atoms with E-state index in [1.54, 1.807) is 20.8 Å². The maximum atomic E-state index is 14.5. The molecule has 0 bridgehead atoms. The number of carbonyl (C=O) groups excluding carboxylic acids is 1. The number of halogens is 1. The van der Waals surface area contributed by atoms with Crippen molar-refractivity contribution in [2.24, 2.45) is 4.99 Å². The number of aliphatic imine (C=N–C) groups is 1. The largest absolute Gasteiger partial charge is 0.461 e. The van der Waals surface area contributed by atoms with E-state index < -0.39 is 29.2 Å². The highest BCUT2D eigenvalue weighted by atomic mass is 19.1. The fourth-order valence-corrected chi connectivity index (χ4v) is 4.09. The molecule has 2 aliphatic rings. The van der Waals surface area contributed by atoms with E-state index in [1.807, 2.05) is 0 Å². The minimum atomic E-state index is -0.794. The molecule has 0 spiro atoms. The third-order valence-corrected chi connectivity index (χ3v) is 5.79. The van der Waals surface area contributed by atoms with Gasteiger partial charge < -0.3 is 14.0 Å². The minimum absolute atomic E-state index is 0.0510. The fraction of sp³-hybridized carbons (Fsp3) is 0.391. The highest BCUT2D eigenvalue weighted by Crippen LogP contribution is 2.41. The topological polar surface area (TPSA) is 73.2 Å². The van der Waals surface area contributed by atoms with Crippen molar-refractivity contribution in [1.82, 2.24) is 0 Å². The SMILES string of the molecule is [C-]#[N+]C1C(C)=NC(C)=C(C(=O)OC2CCC2)C1c1ccc(F)c2c(=O)cc(C)oc12. The first kappa shape index (κ1) is 20.0. The predicted octanol–water partition coefficient (Wildman–Crippen LogP) is 4.46. The molecule has 1 aliphatic heterocycles. The molecule has 6 nitrogen and oxygen atoms in total. The molecule has 2 unspecified atom stereocenters. The molecule has 1 aliphatic carbocycles. The molecule has 1 aromatic heterocycles. The third-order valence-electron chi connectivity index (χ3n) is 5.79. The molecule has 154 valence electrons. The van der Waals surface area contributed by atoms with Gasteiger partial charge in [-0.05, 0) is 46.1 Å². The highest BCUT2D eigenvalue weighted by molar-refractivity contribution is 6.01. The number of nitrogens with zero attached hydrogens (tertiary/aromatic N) is 2. The normalized spacial score (nSPS) is 21.8. The van der Waals surface area contributed by atoms with Gasteiger partial charge in [0.05, 0.1) is 11.3 Å². The molecule has 4 rings (SSSR count). The van der Waals surface area contributed by atoms with E-state index in [1.165, 1.54) is 18.2 Å². The molecule has 2 atom stereocenters.